The van der Waals surface area contributed by atoms with Crippen molar-refractivity contribution < 1.29 is 9.47 Å². The second kappa shape index (κ2) is 7.11. The van der Waals surface area contributed by atoms with Crippen LogP contribution in [-0.2, 0) is 6.61 Å². The number of halogens is 2. The summed E-state index contributed by atoms with van der Waals surface area (Å²) < 4.78 is 11.9. The predicted molar refractivity (Wildman–Crippen MR) is 92.4 cm³/mol. The number of hydrogen-bond donors (Lipinski definition) is 1. The van der Waals surface area contributed by atoms with Gasteiger partial charge in [0.2, 0.25) is 0 Å². The van der Waals surface area contributed by atoms with Crippen LogP contribution in [0.5, 0.6) is 11.5 Å². The van der Waals surface area contributed by atoms with E-state index in [9.17, 15) is 0 Å². The van der Waals surface area contributed by atoms with Crippen molar-refractivity contribution in [1.82, 2.24) is 0 Å². The van der Waals surface area contributed by atoms with Crippen molar-refractivity contribution in [1.29, 1.82) is 0 Å². The van der Waals surface area contributed by atoms with Crippen LogP contribution in [-0.4, -0.2) is 12.1 Å². The van der Waals surface area contributed by atoms with Gasteiger partial charge in [-0.15, -0.1) is 0 Å². The summed E-state index contributed by atoms with van der Waals surface area (Å²) in [5.41, 5.74) is 7.19. The fraction of sp³-hybridized carbons (Fsp3) is 0.133. The Balaban J connectivity index is 2.25. The van der Waals surface area contributed by atoms with Crippen molar-refractivity contribution in [3.8, 4) is 11.5 Å². The first kappa shape index (κ1) is 16.1. The number of hydrogen-bond acceptors (Lipinski definition) is 3. The highest BCUT2D eigenvalue weighted by molar-refractivity contribution is 9.10. The third-order valence-electron chi connectivity index (χ3n) is 2.86. The molecule has 2 rings (SSSR count). The molecule has 0 unspecified atom stereocenters. The predicted octanol–water partition coefficient (Wildman–Crippen LogP) is 4.32. The van der Waals surface area contributed by atoms with Crippen LogP contribution >= 0.6 is 39.7 Å². The molecule has 0 heterocycles. The Hall–Kier alpha value is -1.30. The van der Waals surface area contributed by atoms with E-state index in [1.165, 1.54) is 0 Å². The third-order valence-corrected chi connectivity index (χ3v) is 4.15. The minimum atomic E-state index is 0.209. The molecule has 0 aromatic heterocycles. The number of methoxy groups -OCH3 is 1. The molecule has 0 fully saturated rings. The lowest BCUT2D eigenvalue weighted by atomic mass is 10.2. The Kier molecular flexibility index (Phi) is 5.45. The van der Waals surface area contributed by atoms with E-state index in [2.05, 4.69) is 15.9 Å². The average Bonchev–Trinajstić information content (AvgIpc) is 2.46. The van der Waals surface area contributed by atoms with Crippen molar-refractivity contribution in [3.05, 3.63) is 57.0 Å². The topological polar surface area (TPSA) is 44.5 Å². The molecule has 0 atom stereocenters. The Morgan fingerprint density at radius 3 is 2.76 bits per heavy atom. The Morgan fingerprint density at radius 1 is 1.33 bits per heavy atom. The van der Waals surface area contributed by atoms with Gasteiger partial charge in [-0.2, -0.15) is 0 Å². The number of thiocarbonyl (C=S) groups is 1. The monoisotopic (exact) mass is 385 g/mol. The smallest absolute Gasteiger partial charge is 0.131 e. The summed E-state index contributed by atoms with van der Waals surface area (Å²) in [4.78, 5) is 0.209. The van der Waals surface area contributed by atoms with Crippen LogP contribution in [0, 0.1) is 0 Å². The van der Waals surface area contributed by atoms with Gasteiger partial charge in [0.1, 0.15) is 23.1 Å². The van der Waals surface area contributed by atoms with Gasteiger partial charge in [-0.1, -0.05) is 45.8 Å². The third kappa shape index (κ3) is 3.87. The van der Waals surface area contributed by atoms with Crippen LogP contribution in [0.2, 0.25) is 5.02 Å². The molecule has 0 aliphatic carbocycles. The standard InChI is InChI=1S/C15H13BrClNO2S/c1-19-10-5-6-11(16)9(7-10)8-20-13-4-2-3-12(17)14(13)15(18)21/h2-7H,8H2,1H3,(H2,18,21). The number of rotatable bonds is 5. The van der Waals surface area contributed by atoms with Gasteiger partial charge >= 0.3 is 0 Å². The van der Waals surface area contributed by atoms with Gasteiger partial charge in [0.25, 0.3) is 0 Å². The van der Waals surface area contributed by atoms with E-state index in [0.717, 1.165) is 15.8 Å². The maximum absolute atomic E-state index is 6.11. The van der Waals surface area contributed by atoms with Gasteiger partial charge in [-0.05, 0) is 30.3 Å². The largest absolute Gasteiger partial charge is 0.497 e. The highest BCUT2D eigenvalue weighted by atomic mass is 79.9. The fourth-order valence-corrected chi connectivity index (χ4v) is 2.70. The zero-order chi connectivity index (χ0) is 15.4. The van der Waals surface area contributed by atoms with E-state index in [4.69, 9.17) is 39.0 Å². The Morgan fingerprint density at radius 2 is 2.10 bits per heavy atom. The van der Waals surface area contributed by atoms with Gasteiger partial charge in [0, 0.05) is 10.0 Å². The van der Waals surface area contributed by atoms with Crippen LogP contribution in [0.1, 0.15) is 11.1 Å². The Bertz CT molecular complexity index is 679. The molecule has 2 N–H and O–H groups in total. The summed E-state index contributed by atoms with van der Waals surface area (Å²) >= 11 is 14.6. The van der Waals surface area contributed by atoms with Crippen LogP contribution in [0.3, 0.4) is 0 Å². The molecular weight excluding hydrogens is 374 g/mol. The average molecular weight is 387 g/mol. The SMILES string of the molecule is COc1ccc(Br)c(COc2cccc(Cl)c2C(N)=S)c1. The quantitative estimate of drug-likeness (QED) is 0.777. The maximum Gasteiger partial charge on any atom is 0.131 e. The zero-order valence-corrected chi connectivity index (χ0v) is 14.4. The zero-order valence-electron chi connectivity index (χ0n) is 11.2. The van der Waals surface area contributed by atoms with Crippen molar-refractivity contribution in [2.45, 2.75) is 6.61 Å². The first-order valence-electron chi connectivity index (χ1n) is 6.06. The Labute approximate surface area is 142 Å². The summed E-state index contributed by atoms with van der Waals surface area (Å²) in [6.45, 7) is 0.341. The second-order valence-corrected chi connectivity index (χ2v) is 5.92. The van der Waals surface area contributed by atoms with Gasteiger partial charge in [0.15, 0.2) is 0 Å². The second-order valence-electron chi connectivity index (χ2n) is 4.22. The number of benzene rings is 2. The molecule has 0 spiro atoms. The summed E-state index contributed by atoms with van der Waals surface area (Å²) in [5.74, 6) is 1.32. The van der Waals surface area contributed by atoms with E-state index in [1.54, 1.807) is 25.3 Å². The summed E-state index contributed by atoms with van der Waals surface area (Å²) in [7, 11) is 1.62. The van der Waals surface area contributed by atoms with Crippen molar-refractivity contribution in [3.63, 3.8) is 0 Å². The molecule has 2 aromatic carbocycles. The minimum absolute atomic E-state index is 0.209. The van der Waals surface area contributed by atoms with Crippen molar-refractivity contribution in [2.75, 3.05) is 7.11 Å². The lowest BCUT2D eigenvalue weighted by molar-refractivity contribution is 0.304. The molecule has 0 bridgehead atoms. The van der Waals surface area contributed by atoms with Gasteiger partial charge in [-0.25, -0.2) is 0 Å². The summed E-state index contributed by atoms with van der Waals surface area (Å²) in [5, 5.41) is 0.477. The van der Waals surface area contributed by atoms with Gasteiger partial charge < -0.3 is 15.2 Å². The summed E-state index contributed by atoms with van der Waals surface area (Å²) in [6.07, 6.45) is 0. The van der Waals surface area contributed by atoms with Crippen molar-refractivity contribution in [2.24, 2.45) is 5.73 Å². The molecule has 0 radical (unpaired) electrons. The molecule has 0 aliphatic rings. The van der Waals surface area contributed by atoms with Crippen molar-refractivity contribution >= 4 is 44.7 Å². The van der Waals surface area contributed by atoms with Gasteiger partial charge in [-0.3, -0.25) is 0 Å². The minimum Gasteiger partial charge on any atom is -0.497 e. The molecule has 0 saturated carbocycles. The first-order chi connectivity index (χ1) is 10.0. The van der Waals surface area contributed by atoms with Crippen LogP contribution in [0.4, 0.5) is 0 Å². The molecule has 0 amide bonds. The maximum atomic E-state index is 6.11. The molecule has 0 saturated heterocycles. The molecule has 2 aromatic rings. The molecular formula is C15H13BrClNO2S. The first-order valence-corrected chi connectivity index (χ1v) is 7.64. The summed E-state index contributed by atoms with van der Waals surface area (Å²) in [6, 6.07) is 11.0. The highest BCUT2D eigenvalue weighted by Crippen LogP contribution is 2.29. The molecule has 21 heavy (non-hydrogen) atoms. The number of nitrogens with two attached hydrogens (primary N) is 1. The lowest BCUT2D eigenvalue weighted by Gasteiger charge is -2.13. The highest BCUT2D eigenvalue weighted by Gasteiger charge is 2.12. The van der Waals surface area contributed by atoms with Gasteiger partial charge in [0.05, 0.1) is 17.7 Å². The molecule has 0 aliphatic heterocycles. The van der Waals surface area contributed by atoms with E-state index in [-0.39, 0.29) is 4.99 Å². The van der Waals surface area contributed by atoms with Crippen LogP contribution in [0.25, 0.3) is 0 Å². The van der Waals surface area contributed by atoms with E-state index in [0.29, 0.717) is 22.9 Å². The fourth-order valence-electron chi connectivity index (χ4n) is 1.81. The normalized spacial score (nSPS) is 10.2. The van der Waals surface area contributed by atoms with Crippen LogP contribution in [0.15, 0.2) is 40.9 Å². The molecule has 3 nitrogen and oxygen atoms in total. The number of ether oxygens (including phenoxy) is 2. The molecule has 6 heteroatoms. The molecule has 110 valence electrons. The lowest BCUT2D eigenvalue weighted by Crippen LogP contribution is -2.12. The van der Waals surface area contributed by atoms with E-state index in [1.807, 2.05) is 18.2 Å². The van der Waals surface area contributed by atoms with E-state index < -0.39 is 0 Å². The van der Waals surface area contributed by atoms with Crippen LogP contribution < -0.4 is 15.2 Å². The van der Waals surface area contributed by atoms with E-state index >= 15 is 0 Å².